The third-order valence-corrected chi connectivity index (χ3v) is 2.62. The number of hydrogen-bond donors (Lipinski definition) is 1. The SMILES string of the molecule is CCNCc1ccc(S(=O)(=O)F)cc1. The molecule has 1 aromatic carbocycles. The van der Waals surface area contributed by atoms with Gasteiger partial charge in [0.1, 0.15) is 0 Å². The number of rotatable bonds is 4. The molecule has 1 rings (SSSR count). The van der Waals surface area contributed by atoms with Gasteiger partial charge in [-0.25, -0.2) is 0 Å². The first-order chi connectivity index (χ1) is 6.54. The summed E-state index contributed by atoms with van der Waals surface area (Å²) < 4.78 is 33.4. The van der Waals surface area contributed by atoms with Crippen molar-refractivity contribution in [1.29, 1.82) is 0 Å². The Morgan fingerprint density at radius 1 is 1.29 bits per heavy atom. The Morgan fingerprint density at radius 2 is 1.86 bits per heavy atom. The van der Waals surface area contributed by atoms with Gasteiger partial charge in [0.25, 0.3) is 0 Å². The molecule has 5 heteroatoms. The van der Waals surface area contributed by atoms with E-state index in [0.717, 1.165) is 12.1 Å². The fraction of sp³-hybridized carbons (Fsp3) is 0.333. The molecule has 0 radical (unpaired) electrons. The largest absolute Gasteiger partial charge is 0.332 e. The molecule has 0 aliphatic carbocycles. The molecule has 78 valence electrons. The van der Waals surface area contributed by atoms with E-state index in [1.54, 1.807) is 12.1 Å². The third-order valence-electron chi connectivity index (χ3n) is 1.78. The van der Waals surface area contributed by atoms with Crippen LogP contribution in [0.3, 0.4) is 0 Å². The van der Waals surface area contributed by atoms with E-state index >= 15 is 0 Å². The molecule has 0 saturated carbocycles. The Balaban J connectivity index is 2.79. The summed E-state index contributed by atoms with van der Waals surface area (Å²) in [5.74, 6) is 0. The lowest BCUT2D eigenvalue weighted by molar-refractivity contribution is 0.552. The third kappa shape index (κ3) is 3.08. The lowest BCUT2D eigenvalue weighted by Gasteiger charge is -2.01. The van der Waals surface area contributed by atoms with Gasteiger partial charge in [-0.1, -0.05) is 19.1 Å². The van der Waals surface area contributed by atoms with Crippen molar-refractivity contribution in [3.05, 3.63) is 29.8 Å². The number of benzene rings is 1. The molecule has 0 aliphatic heterocycles. The number of hydrogen-bond acceptors (Lipinski definition) is 3. The second-order valence-corrected chi connectivity index (χ2v) is 4.21. The molecule has 0 aliphatic rings. The summed E-state index contributed by atoms with van der Waals surface area (Å²) in [6.45, 7) is 3.46. The standard InChI is InChI=1S/C9H12FNO2S/c1-2-11-7-8-3-5-9(6-4-8)14(10,12)13/h3-6,11H,2,7H2,1H3. The van der Waals surface area contributed by atoms with Crippen molar-refractivity contribution in [1.82, 2.24) is 5.32 Å². The Bertz CT molecular complexity index is 386. The summed E-state index contributed by atoms with van der Waals surface area (Å²) in [4.78, 5) is -0.294. The van der Waals surface area contributed by atoms with Crippen LogP contribution in [0.4, 0.5) is 3.89 Å². The van der Waals surface area contributed by atoms with E-state index in [9.17, 15) is 12.3 Å². The molecule has 0 aromatic heterocycles. The monoisotopic (exact) mass is 217 g/mol. The van der Waals surface area contributed by atoms with Crippen LogP contribution in [0.25, 0.3) is 0 Å². The summed E-state index contributed by atoms with van der Waals surface area (Å²) in [6, 6.07) is 5.72. The quantitative estimate of drug-likeness (QED) is 0.776. The average molecular weight is 217 g/mol. The molecule has 0 heterocycles. The van der Waals surface area contributed by atoms with Crippen molar-refractivity contribution in [2.24, 2.45) is 0 Å². The van der Waals surface area contributed by atoms with Gasteiger partial charge in [-0.15, -0.1) is 3.89 Å². The van der Waals surface area contributed by atoms with Crippen LogP contribution in [0.1, 0.15) is 12.5 Å². The van der Waals surface area contributed by atoms with Crippen LogP contribution in [-0.2, 0) is 16.8 Å². The molecular formula is C9H12FNO2S. The van der Waals surface area contributed by atoms with Crippen LogP contribution in [0.2, 0.25) is 0 Å². The van der Waals surface area contributed by atoms with Gasteiger partial charge in [0.15, 0.2) is 0 Å². The van der Waals surface area contributed by atoms with E-state index in [-0.39, 0.29) is 4.90 Å². The molecule has 3 nitrogen and oxygen atoms in total. The molecule has 0 amide bonds. The lowest BCUT2D eigenvalue weighted by Crippen LogP contribution is -2.11. The summed E-state index contributed by atoms with van der Waals surface area (Å²) in [7, 11) is -4.56. The minimum Gasteiger partial charge on any atom is -0.313 e. The molecule has 1 aromatic rings. The number of halogens is 1. The topological polar surface area (TPSA) is 46.2 Å². The van der Waals surface area contributed by atoms with Crippen LogP contribution in [0.5, 0.6) is 0 Å². The van der Waals surface area contributed by atoms with Gasteiger partial charge >= 0.3 is 10.2 Å². The van der Waals surface area contributed by atoms with Gasteiger partial charge in [-0.3, -0.25) is 0 Å². The molecular weight excluding hydrogens is 205 g/mol. The second-order valence-electron chi connectivity index (χ2n) is 2.86. The van der Waals surface area contributed by atoms with E-state index in [2.05, 4.69) is 5.32 Å². The van der Waals surface area contributed by atoms with E-state index in [1.165, 1.54) is 12.1 Å². The first-order valence-electron chi connectivity index (χ1n) is 4.28. The highest BCUT2D eigenvalue weighted by atomic mass is 32.3. The van der Waals surface area contributed by atoms with E-state index in [4.69, 9.17) is 0 Å². The Labute approximate surface area is 83.2 Å². The molecule has 0 atom stereocenters. The van der Waals surface area contributed by atoms with Gasteiger partial charge in [0, 0.05) is 6.54 Å². The molecule has 14 heavy (non-hydrogen) atoms. The van der Waals surface area contributed by atoms with E-state index in [1.807, 2.05) is 6.92 Å². The fourth-order valence-electron chi connectivity index (χ4n) is 1.04. The zero-order valence-electron chi connectivity index (χ0n) is 7.83. The first kappa shape index (κ1) is 11.1. The van der Waals surface area contributed by atoms with Crippen molar-refractivity contribution in [2.45, 2.75) is 18.4 Å². The lowest BCUT2D eigenvalue weighted by atomic mass is 10.2. The fourth-order valence-corrected chi connectivity index (χ4v) is 1.50. The highest BCUT2D eigenvalue weighted by Gasteiger charge is 2.10. The minimum absolute atomic E-state index is 0.294. The Morgan fingerprint density at radius 3 is 2.29 bits per heavy atom. The van der Waals surface area contributed by atoms with Gasteiger partial charge in [-0.05, 0) is 24.2 Å². The molecule has 0 unspecified atom stereocenters. The average Bonchev–Trinajstić information content (AvgIpc) is 2.14. The van der Waals surface area contributed by atoms with Crippen molar-refractivity contribution >= 4 is 10.2 Å². The maximum atomic E-state index is 12.5. The highest BCUT2D eigenvalue weighted by Crippen LogP contribution is 2.12. The first-order valence-corrected chi connectivity index (χ1v) is 5.66. The van der Waals surface area contributed by atoms with E-state index in [0.29, 0.717) is 6.54 Å². The molecule has 0 saturated heterocycles. The molecule has 1 N–H and O–H groups in total. The summed E-state index contributed by atoms with van der Waals surface area (Å²) in [5, 5.41) is 3.08. The summed E-state index contributed by atoms with van der Waals surface area (Å²) in [6.07, 6.45) is 0. The summed E-state index contributed by atoms with van der Waals surface area (Å²) >= 11 is 0. The predicted octanol–water partition coefficient (Wildman–Crippen LogP) is 1.45. The summed E-state index contributed by atoms with van der Waals surface area (Å²) in [5.41, 5.74) is 0.930. The molecule has 0 spiro atoms. The second kappa shape index (κ2) is 4.52. The Hall–Kier alpha value is -0.940. The van der Waals surface area contributed by atoms with Gasteiger partial charge in [-0.2, -0.15) is 8.42 Å². The van der Waals surface area contributed by atoms with Crippen LogP contribution >= 0.6 is 0 Å². The smallest absolute Gasteiger partial charge is 0.313 e. The highest BCUT2D eigenvalue weighted by molar-refractivity contribution is 7.86. The maximum absolute atomic E-state index is 12.5. The Kier molecular flexibility index (Phi) is 3.60. The van der Waals surface area contributed by atoms with E-state index < -0.39 is 10.2 Å². The van der Waals surface area contributed by atoms with Crippen molar-refractivity contribution in [3.8, 4) is 0 Å². The van der Waals surface area contributed by atoms with Crippen LogP contribution in [0.15, 0.2) is 29.2 Å². The number of nitrogens with one attached hydrogen (secondary N) is 1. The maximum Gasteiger partial charge on any atom is 0.332 e. The van der Waals surface area contributed by atoms with Crippen LogP contribution in [0, 0.1) is 0 Å². The van der Waals surface area contributed by atoms with Crippen molar-refractivity contribution in [2.75, 3.05) is 6.54 Å². The minimum atomic E-state index is -4.56. The van der Waals surface area contributed by atoms with Crippen LogP contribution < -0.4 is 5.32 Å². The molecule has 0 fully saturated rings. The molecule has 0 bridgehead atoms. The van der Waals surface area contributed by atoms with Gasteiger partial charge < -0.3 is 5.32 Å². The van der Waals surface area contributed by atoms with Crippen LogP contribution in [-0.4, -0.2) is 15.0 Å². The predicted molar refractivity (Wildman–Crippen MR) is 52.1 cm³/mol. The zero-order valence-corrected chi connectivity index (χ0v) is 8.64. The van der Waals surface area contributed by atoms with Crippen molar-refractivity contribution < 1.29 is 12.3 Å². The van der Waals surface area contributed by atoms with Crippen molar-refractivity contribution in [3.63, 3.8) is 0 Å². The zero-order chi connectivity index (χ0) is 10.6. The normalized spacial score (nSPS) is 11.6. The van der Waals surface area contributed by atoms with Gasteiger partial charge in [0.2, 0.25) is 0 Å². The van der Waals surface area contributed by atoms with Gasteiger partial charge in [0.05, 0.1) is 4.90 Å².